The molecule has 9 heavy (non-hydrogen) atoms. The molecule has 0 bridgehead atoms. The van der Waals surface area contributed by atoms with Gasteiger partial charge in [0.05, 0.1) is 6.54 Å². The van der Waals surface area contributed by atoms with Crippen LogP contribution in [0.25, 0.3) is 0 Å². The Morgan fingerprint density at radius 3 is 2.22 bits per heavy atom. The Morgan fingerprint density at radius 1 is 1.33 bits per heavy atom. The Bertz CT molecular complexity index is 70.7. The number of hydrogen-bond acceptors (Lipinski definition) is 5. The van der Waals surface area contributed by atoms with Crippen LogP contribution < -0.4 is 11.1 Å². The number of rotatable bonds is 4. The second kappa shape index (κ2) is 3.76. The third kappa shape index (κ3) is 7.80. The second-order valence-corrected chi connectivity index (χ2v) is 1.74. The molecule has 0 aromatic carbocycles. The monoisotopic (exact) mass is 136 g/mol. The van der Waals surface area contributed by atoms with Gasteiger partial charge < -0.3 is 26.4 Å². The molecule has 0 aliphatic rings. The van der Waals surface area contributed by atoms with Gasteiger partial charge in [0.2, 0.25) is 0 Å². The first kappa shape index (κ1) is 8.80. The first-order valence-electron chi connectivity index (χ1n) is 2.64. The third-order valence-corrected chi connectivity index (χ3v) is 0.683. The van der Waals surface area contributed by atoms with Gasteiger partial charge in [-0.2, -0.15) is 0 Å². The van der Waals surface area contributed by atoms with Gasteiger partial charge in [0.25, 0.3) is 5.97 Å². The van der Waals surface area contributed by atoms with E-state index < -0.39 is 5.97 Å². The Labute approximate surface area is 53.1 Å². The molecule has 0 heterocycles. The van der Waals surface area contributed by atoms with Gasteiger partial charge >= 0.3 is 0 Å². The molecule has 6 N–H and O–H groups in total. The quantitative estimate of drug-likeness (QED) is 0.212. The van der Waals surface area contributed by atoms with Gasteiger partial charge in [-0.1, -0.05) is 0 Å². The molecule has 0 amide bonds. The van der Waals surface area contributed by atoms with E-state index in [1.54, 1.807) is 0 Å². The van der Waals surface area contributed by atoms with E-state index in [9.17, 15) is 0 Å². The van der Waals surface area contributed by atoms with Crippen molar-refractivity contribution in [2.45, 2.75) is 5.97 Å². The maximum atomic E-state index is 8.25. The fourth-order valence-corrected chi connectivity index (χ4v) is 0.358. The van der Waals surface area contributed by atoms with Crippen LogP contribution in [0.5, 0.6) is 0 Å². The van der Waals surface area contributed by atoms with Crippen molar-refractivity contribution in [3.8, 4) is 0 Å². The summed E-state index contributed by atoms with van der Waals surface area (Å²) >= 11 is 0. The van der Waals surface area contributed by atoms with E-state index in [1.807, 2.05) is 0 Å². The molecule has 0 saturated heterocycles. The topological polar surface area (TPSA) is 98.7 Å². The second-order valence-electron chi connectivity index (χ2n) is 1.74. The zero-order valence-electron chi connectivity index (χ0n) is 5.04. The van der Waals surface area contributed by atoms with Crippen molar-refractivity contribution in [2.75, 3.05) is 19.6 Å². The maximum absolute atomic E-state index is 8.25. The van der Waals surface area contributed by atoms with E-state index in [1.165, 1.54) is 0 Å². The fourth-order valence-electron chi connectivity index (χ4n) is 0.358. The SMILES string of the molecule is NCCNCC(O)(O)O. The Hall–Kier alpha value is -0.200. The predicted molar refractivity (Wildman–Crippen MR) is 31.3 cm³/mol. The van der Waals surface area contributed by atoms with Crippen LogP contribution in [0.15, 0.2) is 0 Å². The van der Waals surface area contributed by atoms with E-state index in [2.05, 4.69) is 5.32 Å². The van der Waals surface area contributed by atoms with Crippen LogP contribution in [0.4, 0.5) is 0 Å². The molecule has 0 fully saturated rings. The van der Waals surface area contributed by atoms with Gasteiger partial charge in [-0.25, -0.2) is 0 Å². The van der Waals surface area contributed by atoms with Crippen LogP contribution in [0, 0.1) is 0 Å². The molecule has 0 radical (unpaired) electrons. The summed E-state index contributed by atoms with van der Waals surface area (Å²) in [6.07, 6.45) is 0. The smallest absolute Gasteiger partial charge is 0.288 e. The molecular formula is C4H12N2O3. The summed E-state index contributed by atoms with van der Waals surface area (Å²) in [6.45, 7) is 0.559. The largest absolute Gasteiger partial charge is 0.343 e. The Morgan fingerprint density at radius 2 is 1.89 bits per heavy atom. The van der Waals surface area contributed by atoms with E-state index in [0.29, 0.717) is 13.1 Å². The van der Waals surface area contributed by atoms with Gasteiger partial charge in [-0.15, -0.1) is 0 Å². The first-order chi connectivity index (χ1) is 4.06. The van der Waals surface area contributed by atoms with Gasteiger partial charge in [-0.3, -0.25) is 0 Å². The number of nitrogens with two attached hydrogens (primary N) is 1. The Kier molecular flexibility index (Phi) is 3.67. The molecule has 0 rings (SSSR count). The number of hydrogen-bond donors (Lipinski definition) is 5. The molecule has 0 aromatic heterocycles. The van der Waals surface area contributed by atoms with E-state index >= 15 is 0 Å². The molecule has 0 saturated carbocycles. The predicted octanol–water partition coefficient (Wildman–Crippen LogP) is -2.83. The minimum atomic E-state index is -2.62. The van der Waals surface area contributed by atoms with Crippen LogP contribution in [0.2, 0.25) is 0 Å². The summed E-state index contributed by atoms with van der Waals surface area (Å²) in [5.41, 5.74) is 5.05. The molecule has 0 unspecified atom stereocenters. The molecule has 0 aliphatic carbocycles. The summed E-state index contributed by atoms with van der Waals surface area (Å²) in [7, 11) is 0. The van der Waals surface area contributed by atoms with Crippen molar-refractivity contribution in [1.82, 2.24) is 5.32 Å². The average molecular weight is 136 g/mol. The van der Waals surface area contributed by atoms with Crippen molar-refractivity contribution in [1.29, 1.82) is 0 Å². The normalized spacial score (nSPS) is 12.0. The summed E-state index contributed by atoms with van der Waals surface area (Å²) in [4.78, 5) is 0. The van der Waals surface area contributed by atoms with Crippen molar-refractivity contribution >= 4 is 0 Å². The highest BCUT2D eigenvalue weighted by molar-refractivity contribution is 4.52. The van der Waals surface area contributed by atoms with E-state index in [4.69, 9.17) is 21.1 Å². The summed E-state index contributed by atoms with van der Waals surface area (Å²) < 4.78 is 0. The van der Waals surface area contributed by atoms with Gasteiger partial charge in [0.15, 0.2) is 0 Å². The molecule has 0 atom stereocenters. The average Bonchev–Trinajstić information content (AvgIpc) is 1.63. The molecule has 56 valence electrons. The van der Waals surface area contributed by atoms with Crippen LogP contribution in [-0.2, 0) is 0 Å². The number of nitrogens with one attached hydrogen (secondary N) is 1. The molecule has 0 spiro atoms. The van der Waals surface area contributed by atoms with E-state index in [-0.39, 0.29) is 6.54 Å². The summed E-state index contributed by atoms with van der Waals surface area (Å²) in [5.74, 6) is -2.62. The molecule has 5 nitrogen and oxygen atoms in total. The third-order valence-electron chi connectivity index (χ3n) is 0.683. The minimum absolute atomic E-state index is 0.288. The lowest BCUT2D eigenvalue weighted by atomic mass is 10.5. The van der Waals surface area contributed by atoms with Crippen molar-refractivity contribution < 1.29 is 15.3 Å². The first-order valence-corrected chi connectivity index (χ1v) is 2.64. The number of aliphatic hydroxyl groups is 3. The van der Waals surface area contributed by atoms with Crippen LogP contribution in [-0.4, -0.2) is 40.9 Å². The van der Waals surface area contributed by atoms with Crippen molar-refractivity contribution in [3.63, 3.8) is 0 Å². The van der Waals surface area contributed by atoms with Gasteiger partial charge in [-0.05, 0) is 0 Å². The van der Waals surface area contributed by atoms with Crippen molar-refractivity contribution in [2.24, 2.45) is 5.73 Å². The fraction of sp³-hybridized carbons (Fsp3) is 1.00. The molecule has 0 aliphatic heterocycles. The minimum Gasteiger partial charge on any atom is -0.343 e. The zero-order valence-corrected chi connectivity index (χ0v) is 5.04. The zero-order chi connectivity index (χ0) is 7.33. The summed E-state index contributed by atoms with van der Waals surface area (Å²) in [6, 6.07) is 0. The van der Waals surface area contributed by atoms with Crippen LogP contribution >= 0.6 is 0 Å². The lowest BCUT2D eigenvalue weighted by molar-refractivity contribution is -0.306. The summed E-state index contributed by atoms with van der Waals surface area (Å²) in [5, 5.41) is 27.3. The highest BCUT2D eigenvalue weighted by Gasteiger charge is 2.15. The highest BCUT2D eigenvalue weighted by Crippen LogP contribution is 1.86. The van der Waals surface area contributed by atoms with Gasteiger partial charge in [0, 0.05) is 13.1 Å². The molecular weight excluding hydrogens is 124 g/mol. The lowest BCUT2D eigenvalue weighted by Gasteiger charge is -2.13. The molecule has 0 aromatic rings. The lowest BCUT2D eigenvalue weighted by Crippen LogP contribution is -2.41. The van der Waals surface area contributed by atoms with Gasteiger partial charge in [0.1, 0.15) is 0 Å². The van der Waals surface area contributed by atoms with Crippen molar-refractivity contribution in [3.05, 3.63) is 0 Å². The van der Waals surface area contributed by atoms with E-state index in [0.717, 1.165) is 0 Å². The standard InChI is InChI=1S/C4H12N2O3/c5-1-2-6-3-4(7,8)9/h6-9H,1-3,5H2. The molecule has 5 heteroatoms. The highest BCUT2D eigenvalue weighted by atomic mass is 16.7. The van der Waals surface area contributed by atoms with Crippen LogP contribution in [0.1, 0.15) is 0 Å². The Balaban J connectivity index is 3.07. The maximum Gasteiger partial charge on any atom is 0.288 e. The van der Waals surface area contributed by atoms with Crippen LogP contribution in [0.3, 0.4) is 0 Å².